The van der Waals surface area contributed by atoms with Crippen molar-refractivity contribution < 1.29 is 0 Å². The zero-order chi connectivity index (χ0) is 15.1. The van der Waals surface area contributed by atoms with Crippen LogP contribution < -0.4 is 5.32 Å². The van der Waals surface area contributed by atoms with Gasteiger partial charge in [0.2, 0.25) is 0 Å². The molecule has 1 aromatic carbocycles. The standard InChI is InChI=1S/C18H26N2S/c1-4-19-12-15(2)17-9-7-16(8-10-17)13-20(3)14-18-6-5-11-21-18/h5-11,15,19H,4,12-14H2,1-3H3. The molecule has 1 heterocycles. The Labute approximate surface area is 132 Å². The van der Waals surface area contributed by atoms with E-state index in [1.165, 1.54) is 16.0 Å². The van der Waals surface area contributed by atoms with Crippen LogP contribution in [0.4, 0.5) is 0 Å². The van der Waals surface area contributed by atoms with E-state index in [1.54, 1.807) is 0 Å². The number of likely N-dealkylation sites (N-methyl/N-ethyl adjacent to an activating group) is 1. The zero-order valence-corrected chi connectivity index (χ0v) is 14.1. The number of benzene rings is 1. The lowest BCUT2D eigenvalue weighted by molar-refractivity contribution is 0.322. The second-order valence-electron chi connectivity index (χ2n) is 5.70. The van der Waals surface area contributed by atoms with Crippen molar-refractivity contribution in [1.29, 1.82) is 0 Å². The van der Waals surface area contributed by atoms with Crippen LogP contribution >= 0.6 is 11.3 Å². The lowest BCUT2D eigenvalue weighted by Crippen LogP contribution is -2.19. The number of nitrogens with one attached hydrogen (secondary N) is 1. The highest BCUT2D eigenvalue weighted by Gasteiger charge is 2.06. The van der Waals surface area contributed by atoms with Gasteiger partial charge in [0.05, 0.1) is 0 Å². The Morgan fingerprint density at radius 1 is 1.14 bits per heavy atom. The average molecular weight is 302 g/mol. The third-order valence-electron chi connectivity index (χ3n) is 3.71. The van der Waals surface area contributed by atoms with E-state index in [9.17, 15) is 0 Å². The first kappa shape index (κ1) is 16.2. The fourth-order valence-electron chi connectivity index (χ4n) is 2.47. The van der Waals surface area contributed by atoms with Crippen LogP contribution in [0.1, 0.15) is 35.8 Å². The Bertz CT molecular complexity index is 505. The van der Waals surface area contributed by atoms with Gasteiger partial charge in [-0.05, 0) is 42.1 Å². The quantitative estimate of drug-likeness (QED) is 0.790. The van der Waals surface area contributed by atoms with Crippen molar-refractivity contribution in [2.45, 2.75) is 32.9 Å². The minimum atomic E-state index is 0.572. The maximum atomic E-state index is 3.41. The maximum absolute atomic E-state index is 3.41. The largest absolute Gasteiger partial charge is 0.316 e. The number of rotatable bonds is 8. The summed E-state index contributed by atoms with van der Waals surface area (Å²) in [7, 11) is 2.18. The molecule has 1 N–H and O–H groups in total. The summed E-state index contributed by atoms with van der Waals surface area (Å²) in [5.74, 6) is 0.572. The SMILES string of the molecule is CCNCC(C)c1ccc(CN(C)Cc2cccs2)cc1. The van der Waals surface area contributed by atoms with Gasteiger partial charge in [0, 0.05) is 24.5 Å². The predicted octanol–water partition coefficient (Wildman–Crippen LogP) is 4.09. The van der Waals surface area contributed by atoms with Crippen LogP contribution in [0.5, 0.6) is 0 Å². The molecule has 2 nitrogen and oxygen atoms in total. The molecule has 0 spiro atoms. The van der Waals surface area contributed by atoms with E-state index in [0.717, 1.165) is 26.2 Å². The zero-order valence-electron chi connectivity index (χ0n) is 13.3. The molecular weight excluding hydrogens is 276 g/mol. The van der Waals surface area contributed by atoms with E-state index in [4.69, 9.17) is 0 Å². The summed E-state index contributed by atoms with van der Waals surface area (Å²) < 4.78 is 0. The fourth-order valence-corrected chi connectivity index (χ4v) is 3.25. The highest BCUT2D eigenvalue weighted by Crippen LogP contribution is 2.17. The van der Waals surface area contributed by atoms with E-state index in [1.807, 2.05) is 11.3 Å². The Balaban J connectivity index is 1.86. The van der Waals surface area contributed by atoms with Gasteiger partial charge in [-0.1, -0.05) is 44.2 Å². The Hall–Kier alpha value is -1.16. The Kier molecular flexibility index (Phi) is 6.43. The van der Waals surface area contributed by atoms with Crippen molar-refractivity contribution in [3.63, 3.8) is 0 Å². The summed E-state index contributed by atoms with van der Waals surface area (Å²) in [6, 6.07) is 13.4. The molecular formula is C18H26N2S. The van der Waals surface area contributed by atoms with Crippen LogP contribution in [0.3, 0.4) is 0 Å². The van der Waals surface area contributed by atoms with Gasteiger partial charge in [-0.25, -0.2) is 0 Å². The van der Waals surface area contributed by atoms with Crippen molar-refractivity contribution >= 4 is 11.3 Å². The molecule has 0 aliphatic rings. The molecule has 1 atom stereocenters. The van der Waals surface area contributed by atoms with Crippen LogP contribution in [0.15, 0.2) is 41.8 Å². The topological polar surface area (TPSA) is 15.3 Å². The van der Waals surface area contributed by atoms with Crippen LogP contribution in [0, 0.1) is 0 Å². The molecule has 1 unspecified atom stereocenters. The molecule has 1 aromatic heterocycles. The van der Waals surface area contributed by atoms with Gasteiger partial charge in [0.25, 0.3) is 0 Å². The van der Waals surface area contributed by atoms with E-state index >= 15 is 0 Å². The molecule has 2 aromatic rings. The van der Waals surface area contributed by atoms with Gasteiger partial charge in [0.1, 0.15) is 0 Å². The van der Waals surface area contributed by atoms with E-state index < -0.39 is 0 Å². The summed E-state index contributed by atoms with van der Waals surface area (Å²) in [4.78, 5) is 3.79. The molecule has 0 aliphatic carbocycles. The molecule has 0 saturated carbocycles. The first-order valence-electron chi connectivity index (χ1n) is 7.69. The maximum Gasteiger partial charge on any atom is 0.0328 e. The fraction of sp³-hybridized carbons (Fsp3) is 0.444. The molecule has 0 radical (unpaired) electrons. The molecule has 2 rings (SSSR count). The van der Waals surface area contributed by atoms with Crippen molar-refractivity contribution in [3.8, 4) is 0 Å². The molecule has 3 heteroatoms. The summed E-state index contributed by atoms with van der Waals surface area (Å²) in [5.41, 5.74) is 2.80. The number of nitrogens with zero attached hydrogens (tertiary/aromatic N) is 1. The van der Waals surface area contributed by atoms with Gasteiger partial charge in [-0.3, -0.25) is 4.90 Å². The van der Waals surface area contributed by atoms with Gasteiger partial charge < -0.3 is 5.32 Å². The van der Waals surface area contributed by atoms with Gasteiger partial charge in [-0.2, -0.15) is 0 Å². The van der Waals surface area contributed by atoms with E-state index in [-0.39, 0.29) is 0 Å². The first-order chi connectivity index (χ1) is 10.2. The summed E-state index contributed by atoms with van der Waals surface area (Å²) in [6.45, 7) is 8.54. The first-order valence-corrected chi connectivity index (χ1v) is 8.57. The normalized spacial score (nSPS) is 12.8. The van der Waals surface area contributed by atoms with Gasteiger partial charge in [0.15, 0.2) is 0 Å². The lowest BCUT2D eigenvalue weighted by atomic mass is 9.99. The molecule has 0 bridgehead atoms. The number of hydrogen-bond donors (Lipinski definition) is 1. The highest BCUT2D eigenvalue weighted by atomic mass is 32.1. The lowest BCUT2D eigenvalue weighted by Gasteiger charge is -2.17. The number of hydrogen-bond acceptors (Lipinski definition) is 3. The van der Waals surface area contributed by atoms with Crippen molar-refractivity contribution in [3.05, 3.63) is 57.8 Å². The Morgan fingerprint density at radius 3 is 2.52 bits per heavy atom. The summed E-state index contributed by atoms with van der Waals surface area (Å²) in [5, 5.41) is 5.55. The molecule has 21 heavy (non-hydrogen) atoms. The second kappa shape index (κ2) is 8.32. The average Bonchev–Trinajstić information content (AvgIpc) is 2.98. The third kappa shape index (κ3) is 5.27. The molecule has 0 fully saturated rings. The molecule has 0 aliphatic heterocycles. The van der Waals surface area contributed by atoms with E-state index in [2.05, 4.69) is 72.9 Å². The Morgan fingerprint density at radius 2 is 1.90 bits per heavy atom. The van der Waals surface area contributed by atoms with Crippen molar-refractivity contribution in [2.75, 3.05) is 20.1 Å². The van der Waals surface area contributed by atoms with Gasteiger partial charge >= 0.3 is 0 Å². The summed E-state index contributed by atoms with van der Waals surface area (Å²) in [6.07, 6.45) is 0. The van der Waals surface area contributed by atoms with Crippen LogP contribution in [-0.4, -0.2) is 25.0 Å². The highest BCUT2D eigenvalue weighted by molar-refractivity contribution is 7.09. The number of thiophene rings is 1. The monoisotopic (exact) mass is 302 g/mol. The third-order valence-corrected chi connectivity index (χ3v) is 4.57. The molecule has 0 amide bonds. The minimum Gasteiger partial charge on any atom is -0.316 e. The van der Waals surface area contributed by atoms with Crippen LogP contribution in [0.2, 0.25) is 0 Å². The minimum absolute atomic E-state index is 0.572. The smallest absolute Gasteiger partial charge is 0.0328 e. The van der Waals surface area contributed by atoms with Crippen LogP contribution in [-0.2, 0) is 13.1 Å². The second-order valence-corrected chi connectivity index (χ2v) is 6.73. The van der Waals surface area contributed by atoms with Crippen LogP contribution in [0.25, 0.3) is 0 Å². The van der Waals surface area contributed by atoms with Crippen molar-refractivity contribution in [2.24, 2.45) is 0 Å². The molecule has 114 valence electrons. The van der Waals surface area contributed by atoms with Gasteiger partial charge in [-0.15, -0.1) is 11.3 Å². The van der Waals surface area contributed by atoms with Crippen molar-refractivity contribution in [1.82, 2.24) is 10.2 Å². The predicted molar refractivity (Wildman–Crippen MR) is 92.9 cm³/mol. The summed E-state index contributed by atoms with van der Waals surface area (Å²) >= 11 is 1.83. The molecule has 0 saturated heterocycles. The van der Waals surface area contributed by atoms with E-state index in [0.29, 0.717) is 5.92 Å².